The fraction of sp³-hybridized carbons (Fsp3) is 1.00. The van der Waals surface area contributed by atoms with Crippen LogP contribution in [-0.4, -0.2) is 13.1 Å². The third-order valence-corrected chi connectivity index (χ3v) is 5.59. The van der Waals surface area contributed by atoms with E-state index in [-0.39, 0.29) is 0 Å². The van der Waals surface area contributed by atoms with Crippen molar-refractivity contribution in [3.63, 3.8) is 0 Å². The minimum absolute atomic E-state index is 0.673. The van der Waals surface area contributed by atoms with E-state index in [0.29, 0.717) is 5.41 Å². The molecule has 0 aliphatic heterocycles. The Kier molecular flexibility index (Phi) is 5.34. The van der Waals surface area contributed by atoms with Gasteiger partial charge in [-0.3, -0.25) is 0 Å². The maximum Gasteiger partial charge on any atom is 0.00107 e. The van der Waals surface area contributed by atoms with E-state index < -0.39 is 0 Å². The molecule has 2 aliphatic rings. The number of hydrogen-bond donors (Lipinski definition) is 1. The Hall–Kier alpha value is -0.0400. The third kappa shape index (κ3) is 3.97. The first-order valence-electron chi connectivity index (χ1n) is 8.72. The molecule has 1 N–H and O–H groups in total. The average molecular weight is 265 g/mol. The highest BCUT2D eigenvalue weighted by atomic mass is 14.9. The molecule has 2 saturated carbocycles. The van der Waals surface area contributed by atoms with Gasteiger partial charge in [-0.15, -0.1) is 0 Å². The molecule has 0 radical (unpaired) electrons. The SMILES string of the molecule is CC(C)CCCC1(CNCC(C)C)CC2CCC1C2. The van der Waals surface area contributed by atoms with Crippen LogP contribution in [0, 0.1) is 29.1 Å². The molecule has 2 bridgehead atoms. The highest BCUT2D eigenvalue weighted by Crippen LogP contribution is 2.57. The Labute approximate surface area is 120 Å². The van der Waals surface area contributed by atoms with Crippen LogP contribution in [0.4, 0.5) is 0 Å². The average Bonchev–Trinajstić information content (AvgIpc) is 2.88. The van der Waals surface area contributed by atoms with Crippen molar-refractivity contribution in [2.45, 2.75) is 72.6 Å². The molecule has 1 heteroatoms. The highest BCUT2D eigenvalue weighted by molar-refractivity contribution is 5.01. The van der Waals surface area contributed by atoms with Gasteiger partial charge in [-0.2, -0.15) is 0 Å². The lowest BCUT2D eigenvalue weighted by molar-refractivity contribution is 0.135. The van der Waals surface area contributed by atoms with Crippen molar-refractivity contribution in [2.24, 2.45) is 29.1 Å². The Balaban J connectivity index is 1.86. The van der Waals surface area contributed by atoms with Crippen molar-refractivity contribution in [3.05, 3.63) is 0 Å². The fourth-order valence-electron chi connectivity index (χ4n) is 4.64. The maximum absolute atomic E-state index is 3.79. The molecule has 2 fully saturated rings. The van der Waals surface area contributed by atoms with Crippen LogP contribution in [0.2, 0.25) is 0 Å². The summed E-state index contributed by atoms with van der Waals surface area (Å²) in [6.45, 7) is 11.9. The zero-order valence-electron chi connectivity index (χ0n) is 13.7. The van der Waals surface area contributed by atoms with Crippen LogP contribution in [-0.2, 0) is 0 Å². The first-order chi connectivity index (χ1) is 9.02. The van der Waals surface area contributed by atoms with Crippen LogP contribution >= 0.6 is 0 Å². The van der Waals surface area contributed by atoms with Crippen LogP contribution in [0.15, 0.2) is 0 Å². The first-order valence-corrected chi connectivity index (χ1v) is 8.72. The smallest absolute Gasteiger partial charge is 0.00107 e. The van der Waals surface area contributed by atoms with Gasteiger partial charge in [0.15, 0.2) is 0 Å². The summed E-state index contributed by atoms with van der Waals surface area (Å²) < 4.78 is 0. The molecule has 19 heavy (non-hydrogen) atoms. The topological polar surface area (TPSA) is 12.0 Å². The van der Waals surface area contributed by atoms with E-state index >= 15 is 0 Å². The van der Waals surface area contributed by atoms with E-state index in [1.54, 1.807) is 6.42 Å². The standard InChI is InChI=1S/C18H35N/c1-14(2)6-5-9-18(13-19-12-15(3)4)11-16-7-8-17(18)10-16/h14-17,19H,5-13H2,1-4H3. The molecule has 0 aromatic rings. The molecular weight excluding hydrogens is 230 g/mol. The minimum Gasteiger partial charge on any atom is -0.316 e. The fourth-order valence-corrected chi connectivity index (χ4v) is 4.64. The summed E-state index contributed by atoms with van der Waals surface area (Å²) in [5, 5.41) is 3.79. The van der Waals surface area contributed by atoms with Crippen molar-refractivity contribution in [1.82, 2.24) is 5.32 Å². The molecule has 0 aromatic heterocycles. The molecule has 3 atom stereocenters. The van der Waals surface area contributed by atoms with Gasteiger partial charge in [0.25, 0.3) is 0 Å². The van der Waals surface area contributed by atoms with Crippen LogP contribution in [0.1, 0.15) is 72.6 Å². The van der Waals surface area contributed by atoms with Crippen molar-refractivity contribution >= 4 is 0 Å². The van der Waals surface area contributed by atoms with E-state index in [4.69, 9.17) is 0 Å². The summed E-state index contributed by atoms with van der Waals surface area (Å²) in [6.07, 6.45) is 10.5. The number of rotatable bonds is 8. The van der Waals surface area contributed by atoms with Crippen molar-refractivity contribution in [2.75, 3.05) is 13.1 Å². The lowest BCUT2D eigenvalue weighted by atomic mass is 9.69. The molecule has 112 valence electrons. The lowest BCUT2D eigenvalue weighted by Crippen LogP contribution is -2.40. The largest absolute Gasteiger partial charge is 0.316 e. The lowest BCUT2D eigenvalue weighted by Gasteiger charge is -2.39. The maximum atomic E-state index is 3.79. The van der Waals surface area contributed by atoms with E-state index in [0.717, 1.165) is 23.7 Å². The monoisotopic (exact) mass is 265 g/mol. The minimum atomic E-state index is 0.673. The molecule has 0 heterocycles. The second-order valence-corrected chi connectivity index (χ2v) is 8.25. The van der Waals surface area contributed by atoms with E-state index in [2.05, 4.69) is 33.0 Å². The molecular formula is C18H35N. The summed E-state index contributed by atoms with van der Waals surface area (Å²) in [4.78, 5) is 0. The first kappa shape index (κ1) is 15.4. The number of hydrogen-bond acceptors (Lipinski definition) is 1. The summed E-state index contributed by atoms with van der Waals surface area (Å²) >= 11 is 0. The van der Waals surface area contributed by atoms with Crippen LogP contribution < -0.4 is 5.32 Å². The van der Waals surface area contributed by atoms with E-state index in [9.17, 15) is 0 Å². The Morgan fingerprint density at radius 2 is 1.89 bits per heavy atom. The summed E-state index contributed by atoms with van der Waals surface area (Å²) in [7, 11) is 0. The van der Waals surface area contributed by atoms with Crippen LogP contribution in [0.25, 0.3) is 0 Å². The Morgan fingerprint density at radius 1 is 1.11 bits per heavy atom. The van der Waals surface area contributed by atoms with Gasteiger partial charge in [0, 0.05) is 6.54 Å². The van der Waals surface area contributed by atoms with Crippen molar-refractivity contribution < 1.29 is 0 Å². The van der Waals surface area contributed by atoms with Gasteiger partial charge in [0.2, 0.25) is 0 Å². The van der Waals surface area contributed by atoms with Gasteiger partial charge in [-0.05, 0) is 61.3 Å². The summed E-state index contributed by atoms with van der Waals surface area (Å²) in [5.41, 5.74) is 0.673. The summed E-state index contributed by atoms with van der Waals surface area (Å²) in [6, 6.07) is 0. The summed E-state index contributed by atoms with van der Waals surface area (Å²) in [5.74, 6) is 3.78. The number of nitrogens with one attached hydrogen (secondary N) is 1. The van der Waals surface area contributed by atoms with E-state index in [1.807, 2.05) is 0 Å². The molecule has 3 unspecified atom stereocenters. The van der Waals surface area contributed by atoms with Gasteiger partial charge < -0.3 is 5.32 Å². The second kappa shape index (κ2) is 6.61. The molecule has 0 spiro atoms. The van der Waals surface area contributed by atoms with Gasteiger partial charge in [0.1, 0.15) is 0 Å². The van der Waals surface area contributed by atoms with Crippen LogP contribution in [0.3, 0.4) is 0 Å². The third-order valence-electron chi connectivity index (χ3n) is 5.59. The predicted molar refractivity (Wildman–Crippen MR) is 84.3 cm³/mol. The van der Waals surface area contributed by atoms with Gasteiger partial charge in [-0.1, -0.05) is 47.0 Å². The van der Waals surface area contributed by atoms with E-state index in [1.165, 1.54) is 51.6 Å². The van der Waals surface area contributed by atoms with Gasteiger partial charge in [-0.25, -0.2) is 0 Å². The van der Waals surface area contributed by atoms with Crippen molar-refractivity contribution in [3.8, 4) is 0 Å². The zero-order chi connectivity index (χ0) is 13.9. The predicted octanol–water partition coefficient (Wildman–Crippen LogP) is 4.86. The quantitative estimate of drug-likeness (QED) is 0.660. The normalized spacial score (nSPS) is 33.8. The Bertz CT molecular complexity index is 255. The zero-order valence-corrected chi connectivity index (χ0v) is 13.7. The molecule has 0 aromatic carbocycles. The van der Waals surface area contributed by atoms with Crippen LogP contribution in [0.5, 0.6) is 0 Å². The number of fused-ring (bicyclic) bond motifs is 2. The van der Waals surface area contributed by atoms with Gasteiger partial charge in [0.05, 0.1) is 0 Å². The Morgan fingerprint density at radius 3 is 2.42 bits per heavy atom. The molecule has 0 amide bonds. The molecule has 0 saturated heterocycles. The van der Waals surface area contributed by atoms with Gasteiger partial charge >= 0.3 is 0 Å². The second-order valence-electron chi connectivity index (χ2n) is 8.25. The molecule has 2 aliphatic carbocycles. The molecule has 1 nitrogen and oxygen atoms in total. The van der Waals surface area contributed by atoms with Crippen molar-refractivity contribution in [1.29, 1.82) is 0 Å². The molecule has 2 rings (SSSR count). The highest BCUT2D eigenvalue weighted by Gasteiger charge is 2.49.